The highest BCUT2D eigenvalue weighted by atomic mass is 35.5. The average Bonchev–Trinajstić information content (AvgIpc) is 2.38. The quantitative estimate of drug-likeness (QED) is 0.910. The molecule has 0 heterocycles. The fourth-order valence-electron chi connectivity index (χ4n) is 1.82. The van der Waals surface area contributed by atoms with Gasteiger partial charge in [0.1, 0.15) is 5.82 Å². The van der Waals surface area contributed by atoms with Gasteiger partial charge in [-0.3, -0.25) is 4.79 Å². The second kappa shape index (κ2) is 6.50. The van der Waals surface area contributed by atoms with E-state index in [1.54, 1.807) is 0 Å². The standard InChI is InChI=1S/C15H14ClFN2O/c16-11-7-12(17)9-13(8-11)19-15(20)14(18)6-10-4-2-1-3-5-10/h1-5,7-9,14H,6,18H2,(H,19,20). The van der Waals surface area contributed by atoms with E-state index >= 15 is 0 Å². The molecule has 0 spiro atoms. The number of hydrogen-bond acceptors (Lipinski definition) is 2. The molecule has 1 unspecified atom stereocenters. The van der Waals surface area contributed by atoms with Gasteiger partial charge in [0, 0.05) is 10.7 Å². The molecule has 0 radical (unpaired) electrons. The topological polar surface area (TPSA) is 55.1 Å². The van der Waals surface area contributed by atoms with Crippen LogP contribution in [0.5, 0.6) is 0 Å². The highest BCUT2D eigenvalue weighted by molar-refractivity contribution is 6.30. The van der Waals surface area contributed by atoms with E-state index in [-0.39, 0.29) is 10.9 Å². The Hall–Kier alpha value is -1.91. The Kier molecular flexibility index (Phi) is 4.71. The number of carbonyl (C=O) groups is 1. The number of hydrogen-bond donors (Lipinski definition) is 2. The van der Waals surface area contributed by atoms with Crippen molar-refractivity contribution in [2.24, 2.45) is 5.73 Å². The molecule has 0 aromatic heterocycles. The summed E-state index contributed by atoms with van der Waals surface area (Å²) >= 11 is 5.72. The lowest BCUT2D eigenvalue weighted by molar-refractivity contribution is -0.117. The number of benzene rings is 2. The Morgan fingerprint density at radius 3 is 2.60 bits per heavy atom. The second-order valence-electron chi connectivity index (χ2n) is 4.44. The van der Waals surface area contributed by atoms with Crippen molar-refractivity contribution in [2.75, 3.05) is 5.32 Å². The lowest BCUT2D eigenvalue weighted by Gasteiger charge is -2.12. The normalized spacial score (nSPS) is 11.9. The number of nitrogens with one attached hydrogen (secondary N) is 1. The molecule has 0 aliphatic rings. The van der Waals surface area contributed by atoms with Gasteiger partial charge in [0.2, 0.25) is 5.91 Å². The monoisotopic (exact) mass is 292 g/mol. The van der Waals surface area contributed by atoms with Crippen LogP contribution in [0.25, 0.3) is 0 Å². The maximum absolute atomic E-state index is 13.2. The van der Waals surface area contributed by atoms with Crippen molar-refractivity contribution in [2.45, 2.75) is 12.5 Å². The zero-order valence-electron chi connectivity index (χ0n) is 10.6. The highest BCUT2D eigenvalue weighted by Crippen LogP contribution is 2.18. The van der Waals surface area contributed by atoms with Crippen molar-refractivity contribution in [3.05, 3.63) is 64.9 Å². The molecule has 5 heteroatoms. The summed E-state index contributed by atoms with van der Waals surface area (Å²) in [6.07, 6.45) is 0.412. The Balaban J connectivity index is 2.00. The van der Waals surface area contributed by atoms with Gasteiger partial charge in [0.25, 0.3) is 0 Å². The van der Waals surface area contributed by atoms with Crippen LogP contribution in [0.4, 0.5) is 10.1 Å². The summed E-state index contributed by atoms with van der Waals surface area (Å²) in [5.74, 6) is -0.889. The highest BCUT2D eigenvalue weighted by Gasteiger charge is 2.14. The molecule has 2 rings (SSSR count). The lowest BCUT2D eigenvalue weighted by Crippen LogP contribution is -2.37. The van der Waals surface area contributed by atoms with Gasteiger partial charge in [0.05, 0.1) is 6.04 Å². The van der Waals surface area contributed by atoms with Crippen LogP contribution in [0, 0.1) is 5.82 Å². The molecule has 3 N–H and O–H groups in total. The molecule has 0 saturated heterocycles. The number of halogens is 2. The van der Waals surface area contributed by atoms with Crippen LogP contribution in [0.15, 0.2) is 48.5 Å². The van der Waals surface area contributed by atoms with Gasteiger partial charge in [-0.15, -0.1) is 0 Å². The summed E-state index contributed by atoms with van der Waals surface area (Å²) in [4.78, 5) is 11.9. The molecule has 2 aromatic rings. The Bertz CT molecular complexity index is 584. The van der Waals surface area contributed by atoms with E-state index in [4.69, 9.17) is 17.3 Å². The summed E-state index contributed by atoms with van der Waals surface area (Å²) in [6.45, 7) is 0. The molecule has 0 bridgehead atoms. The molecular weight excluding hydrogens is 279 g/mol. The molecule has 0 aliphatic carbocycles. The Morgan fingerprint density at radius 2 is 1.95 bits per heavy atom. The third kappa shape index (κ3) is 4.05. The van der Waals surface area contributed by atoms with E-state index in [0.29, 0.717) is 12.1 Å². The van der Waals surface area contributed by atoms with Crippen molar-refractivity contribution in [3.8, 4) is 0 Å². The Labute approximate surface area is 121 Å². The fraction of sp³-hybridized carbons (Fsp3) is 0.133. The minimum atomic E-state index is -0.709. The van der Waals surface area contributed by atoms with Gasteiger partial charge in [-0.1, -0.05) is 41.9 Å². The fourth-order valence-corrected chi connectivity index (χ4v) is 2.04. The third-order valence-electron chi connectivity index (χ3n) is 2.77. The summed E-state index contributed by atoms with van der Waals surface area (Å²) in [5, 5.41) is 2.77. The summed E-state index contributed by atoms with van der Waals surface area (Å²) in [7, 11) is 0. The second-order valence-corrected chi connectivity index (χ2v) is 4.88. The molecule has 0 aliphatic heterocycles. The largest absolute Gasteiger partial charge is 0.325 e. The van der Waals surface area contributed by atoms with E-state index in [1.807, 2.05) is 30.3 Å². The third-order valence-corrected chi connectivity index (χ3v) is 2.98. The zero-order valence-corrected chi connectivity index (χ0v) is 11.4. The lowest BCUT2D eigenvalue weighted by atomic mass is 10.1. The van der Waals surface area contributed by atoms with E-state index in [0.717, 1.165) is 5.56 Å². The maximum Gasteiger partial charge on any atom is 0.241 e. The molecular formula is C15H14ClFN2O. The van der Waals surface area contributed by atoms with Crippen LogP contribution in [-0.2, 0) is 11.2 Å². The minimum Gasteiger partial charge on any atom is -0.325 e. The van der Waals surface area contributed by atoms with Crippen LogP contribution < -0.4 is 11.1 Å². The van der Waals surface area contributed by atoms with Crippen LogP contribution in [-0.4, -0.2) is 11.9 Å². The summed E-state index contributed by atoms with van der Waals surface area (Å²) in [6, 6.07) is 12.6. The summed E-state index contributed by atoms with van der Waals surface area (Å²) < 4.78 is 13.2. The molecule has 2 aromatic carbocycles. The van der Waals surface area contributed by atoms with E-state index in [2.05, 4.69) is 5.32 Å². The first-order valence-electron chi connectivity index (χ1n) is 6.11. The van der Waals surface area contributed by atoms with Crippen molar-refractivity contribution in [1.29, 1.82) is 0 Å². The average molecular weight is 293 g/mol. The van der Waals surface area contributed by atoms with Gasteiger partial charge in [-0.05, 0) is 30.2 Å². The predicted molar refractivity (Wildman–Crippen MR) is 78.2 cm³/mol. The van der Waals surface area contributed by atoms with Crippen molar-refractivity contribution in [1.82, 2.24) is 0 Å². The van der Waals surface area contributed by atoms with Crippen molar-refractivity contribution >= 4 is 23.2 Å². The van der Waals surface area contributed by atoms with Gasteiger partial charge in [-0.25, -0.2) is 4.39 Å². The molecule has 0 fully saturated rings. The van der Waals surface area contributed by atoms with E-state index in [9.17, 15) is 9.18 Å². The van der Waals surface area contributed by atoms with E-state index < -0.39 is 11.9 Å². The minimum absolute atomic E-state index is 0.219. The first kappa shape index (κ1) is 14.5. The first-order chi connectivity index (χ1) is 9.54. The van der Waals surface area contributed by atoms with Crippen molar-refractivity contribution < 1.29 is 9.18 Å². The van der Waals surface area contributed by atoms with Gasteiger partial charge in [0.15, 0.2) is 0 Å². The Morgan fingerprint density at radius 1 is 1.25 bits per heavy atom. The van der Waals surface area contributed by atoms with Gasteiger partial charge >= 0.3 is 0 Å². The number of nitrogens with two attached hydrogens (primary N) is 1. The smallest absolute Gasteiger partial charge is 0.241 e. The number of anilines is 1. The number of rotatable bonds is 4. The van der Waals surface area contributed by atoms with Crippen LogP contribution >= 0.6 is 11.6 Å². The SMILES string of the molecule is NC(Cc1ccccc1)C(=O)Nc1cc(F)cc(Cl)c1. The molecule has 3 nitrogen and oxygen atoms in total. The van der Waals surface area contributed by atoms with E-state index in [1.165, 1.54) is 18.2 Å². The first-order valence-corrected chi connectivity index (χ1v) is 6.49. The van der Waals surface area contributed by atoms with Gasteiger partial charge in [-0.2, -0.15) is 0 Å². The molecule has 20 heavy (non-hydrogen) atoms. The molecule has 1 amide bonds. The maximum atomic E-state index is 13.2. The van der Waals surface area contributed by atoms with Crippen LogP contribution in [0.1, 0.15) is 5.56 Å². The molecule has 104 valence electrons. The zero-order chi connectivity index (χ0) is 14.5. The summed E-state index contributed by atoms with van der Waals surface area (Å²) in [5.41, 5.74) is 7.09. The predicted octanol–water partition coefficient (Wildman–Crippen LogP) is 2.99. The molecule has 0 saturated carbocycles. The van der Waals surface area contributed by atoms with Gasteiger partial charge < -0.3 is 11.1 Å². The number of carbonyl (C=O) groups excluding carboxylic acids is 1. The number of amides is 1. The van der Waals surface area contributed by atoms with Crippen LogP contribution in [0.3, 0.4) is 0 Å². The van der Waals surface area contributed by atoms with Crippen molar-refractivity contribution in [3.63, 3.8) is 0 Å². The molecule has 1 atom stereocenters. The van der Waals surface area contributed by atoms with Crippen LogP contribution in [0.2, 0.25) is 5.02 Å².